The van der Waals surface area contributed by atoms with Crippen LogP contribution in [0.2, 0.25) is 0 Å². The second-order valence-electron chi connectivity index (χ2n) is 5.65. The molecule has 1 saturated carbocycles. The van der Waals surface area contributed by atoms with Crippen molar-refractivity contribution in [3.8, 4) is 0 Å². The van der Waals surface area contributed by atoms with Crippen molar-refractivity contribution in [1.82, 2.24) is 10.2 Å². The molecule has 4 nitrogen and oxygen atoms in total. The van der Waals surface area contributed by atoms with E-state index in [1.807, 2.05) is 18.7 Å². The van der Waals surface area contributed by atoms with Crippen LogP contribution in [0.5, 0.6) is 0 Å². The quantitative estimate of drug-likeness (QED) is 0.825. The van der Waals surface area contributed by atoms with Crippen molar-refractivity contribution in [2.45, 2.75) is 52.0 Å². The smallest absolute Gasteiger partial charge is 0.226 e. The molecular formula is C14H24N2O2. The third-order valence-corrected chi connectivity index (χ3v) is 4.11. The van der Waals surface area contributed by atoms with Crippen LogP contribution in [0.25, 0.3) is 0 Å². The van der Waals surface area contributed by atoms with E-state index in [1.165, 1.54) is 6.42 Å². The summed E-state index contributed by atoms with van der Waals surface area (Å²) in [5, 5.41) is 2.97. The fourth-order valence-electron chi connectivity index (χ4n) is 2.56. The number of nitrogens with one attached hydrogen (secondary N) is 1. The normalized spacial score (nSPS) is 28.7. The molecule has 1 saturated heterocycles. The zero-order valence-corrected chi connectivity index (χ0v) is 11.4. The van der Waals surface area contributed by atoms with Gasteiger partial charge in [0, 0.05) is 19.1 Å². The summed E-state index contributed by atoms with van der Waals surface area (Å²) in [4.78, 5) is 26.0. The predicted octanol–water partition coefficient (Wildman–Crippen LogP) is 1.55. The molecule has 2 fully saturated rings. The first kappa shape index (κ1) is 13.4. The molecular weight excluding hydrogens is 228 g/mol. The van der Waals surface area contributed by atoms with Crippen molar-refractivity contribution in [2.24, 2.45) is 11.8 Å². The fourth-order valence-corrected chi connectivity index (χ4v) is 2.56. The number of likely N-dealkylation sites (tertiary alicyclic amines) is 1. The van der Waals surface area contributed by atoms with Crippen molar-refractivity contribution < 1.29 is 9.59 Å². The van der Waals surface area contributed by atoms with E-state index in [9.17, 15) is 9.59 Å². The summed E-state index contributed by atoms with van der Waals surface area (Å²) in [6.45, 7) is 5.82. The van der Waals surface area contributed by atoms with Crippen molar-refractivity contribution in [3.63, 3.8) is 0 Å². The van der Waals surface area contributed by atoms with E-state index < -0.39 is 0 Å². The van der Waals surface area contributed by atoms with Gasteiger partial charge in [0.05, 0.1) is 11.8 Å². The van der Waals surface area contributed by atoms with Gasteiger partial charge in [-0.05, 0) is 39.0 Å². The first-order chi connectivity index (χ1) is 8.63. The molecule has 2 amide bonds. The van der Waals surface area contributed by atoms with Gasteiger partial charge in [-0.3, -0.25) is 9.59 Å². The first-order valence-corrected chi connectivity index (χ1v) is 7.22. The Hall–Kier alpha value is -1.06. The molecule has 2 rings (SSSR count). The van der Waals surface area contributed by atoms with Gasteiger partial charge in [-0.15, -0.1) is 0 Å². The maximum Gasteiger partial charge on any atom is 0.226 e. The van der Waals surface area contributed by atoms with E-state index in [4.69, 9.17) is 0 Å². The van der Waals surface area contributed by atoms with Gasteiger partial charge in [-0.2, -0.15) is 0 Å². The molecule has 0 spiro atoms. The zero-order valence-electron chi connectivity index (χ0n) is 11.4. The first-order valence-electron chi connectivity index (χ1n) is 7.22. The average Bonchev–Trinajstić information content (AvgIpc) is 3.19. The predicted molar refractivity (Wildman–Crippen MR) is 69.9 cm³/mol. The Morgan fingerprint density at radius 1 is 1.22 bits per heavy atom. The number of hydrogen-bond donors (Lipinski definition) is 1. The molecule has 1 N–H and O–H groups in total. The molecule has 2 aliphatic rings. The molecule has 1 aliphatic carbocycles. The number of piperidine rings is 1. The average molecular weight is 252 g/mol. The molecule has 0 aromatic rings. The summed E-state index contributed by atoms with van der Waals surface area (Å²) in [6.07, 6.45) is 5.14. The van der Waals surface area contributed by atoms with Crippen LogP contribution in [0.15, 0.2) is 0 Å². The second-order valence-corrected chi connectivity index (χ2v) is 5.65. The molecule has 0 bridgehead atoms. The maximum absolute atomic E-state index is 12.2. The Balaban J connectivity index is 1.79. The summed E-state index contributed by atoms with van der Waals surface area (Å²) >= 11 is 0. The summed E-state index contributed by atoms with van der Waals surface area (Å²) in [5.41, 5.74) is 0. The molecule has 3 atom stereocenters. The minimum atomic E-state index is -0.0616. The van der Waals surface area contributed by atoms with Crippen LogP contribution in [0, 0.1) is 11.8 Å². The minimum absolute atomic E-state index is 0.0350. The second kappa shape index (κ2) is 5.72. The summed E-state index contributed by atoms with van der Waals surface area (Å²) in [6, 6.07) is 0.212. The summed E-state index contributed by atoms with van der Waals surface area (Å²) < 4.78 is 0. The number of rotatable bonds is 4. The number of amides is 2. The Morgan fingerprint density at radius 2 is 1.89 bits per heavy atom. The lowest BCUT2D eigenvalue weighted by Gasteiger charge is -2.26. The van der Waals surface area contributed by atoms with Gasteiger partial charge in [-0.1, -0.05) is 6.92 Å². The van der Waals surface area contributed by atoms with E-state index in [0.29, 0.717) is 0 Å². The van der Waals surface area contributed by atoms with E-state index in [0.717, 1.165) is 38.8 Å². The zero-order chi connectivity index (χ0) is 13.1. The van der Waals surface area contributed by atoms with Gasteiger partial charge in [0.25, 0.3) is 0 Å². The Kier molecular flexibility index (Phi) is 4.25. The molecule has 102 valence electrons. The third-order valence-electron chi connectivity index (χ3n) is 4.11. The number of nitrogens with zero attached hydrogens (tertiary/aromatic N) is 1. The summed E-state index contributed by atoms with van der Waals surface area (Å²) in [7, 11) is 0. The molecule has 0 radical (unpaired) electrons. The topological polar surface area (TPSA) is 49.4 Å². The molecule has 18 heavy (non-hydrogen) atoms. The molecule has 3 unspecified atom stereocenters. The van der Waals surface area contributed by atoms with E-state index in [2.05, 4.69) is 5.32 Å². The van der Waals surface area contributed by atoms with Gasteiger partial charge < -0.3 is 10.2 Å². The lowest BCUT2D eigenvalue weighted by atomic mass is 10.1. The monoisotopic (exact) mass is 252 g/mol. The van der Waals surface area contributed by atoms with Crippen molar-refractivity contribution in [3.05, 3.63) is 0 Å². The summed E-state index contributed by atoms with van der Waals surface area (Å²) in [5.74, 6) is 0.180. The van der Waals surface area contributed by atoms with Crippen molar-refractivity contribution >= 4 is 11.8 Å². The van der Waals surface area contributed by atoms with Gasteiger partial charge in [-0.25, -0.2) is 0 Å². The van der Waals surface area contributed by atoms with Gasteiger partial charge in [0.15, 0.2) is 0 Å². The molecule has 4 heteroatoms. The number of hydrogen-bond acceptors (Lipinski definition) is 2. The number of carbonyl (C=O) groups excluding carboxylic acids is 2. The SMILES string of the molecule is CCC(C)NC(=O)C1CC1C(=O)N1CCCCC1. The molecule has 1 heterocycles. The van der Waals surface area contributed by atoms with Gasteiger partial charge in [0.1, 0.15) is 0 Å². The maximum atomic E-state index is 12.2. The Bertz CT molecular complexity index is 324. The van der Waals surface area contributed by atoms with Crippen LogP contribution >= 0.6 is 0 Å². The highest BCUT2D eigenvalue weighted by Gasteiger charge is 2.49. The van der Waals surface area contributed by atoms with Crippen LogP contribution in [0.3, 0.4) is 0 Å². The van der Waals surface area contributed by atoms with Gasteiger partial charge >= 0.3 is 0 Å². The van der Waals surface area contributed by atoms with Crippen molar-refractivity contribution in [2.75, 3.05) is 13.1 Å². The highest BCUT2D eigenvalue weighted by molar-refractivity contribution is 5.92. The van der Waals surface area contributed by atoms with Crippen LogP contribution in [0.1, 0.15) is 46.0 Å². The van der Waals surface area contributed by atoms with Crippen LogP contribution in [-0.2, 0) is 9.59 Å². The van der Waals surface area contributed by atoms with Gasteiger partial charge in [0.2, 0.25) is 11.8 Å². The Morgan fingerprint density at radius 3 is 2.50 bits per heavy atom. The van der Waals surface area contributed by atoms with Crippen LogP contribution < -0.4 is 5.32 Å². The van der Waals surface area contributed by atoms with Crippen LogP contribution in [0.4, 0.5) is 0 Å². The molecule has 0 aromatic heterocycles. The van der Waals surface area contributed by atoms with E-state index in [-0.39, 0.29) is 29.7 Å². The third kappa shape index (κ3) is 3.03. The van der Waals surface area contributed by atoms with Crippen molar-refractivity contribution in [1.29, 1.82) is 0 Å². The minimum Gasteiger partial charge on any atom is -0.353 e. The largest absolute Gasteiger partial charge is 0.353 e. The fraction of sp³-hybridized carbons (Fsp3) is 0.857. The van der Waals surface area contributed by atoms with E-state index in [1.54, 1.807) is 0 Å². The lowest BCUT2D eigenvalue weighted by Crippen LogP contribution is -2.39. The highest BCUT2D eigenvalue weighted by Crippen LogP contribution is 2.40. The molecule has 0 aromatic carbocycles. The highest BCUT2D eigenvalue weighted by atomic mass is 16.2. The molecule has 1 aliphatic heterocycles. The van der Waals surface area contributed by atoms with E-state index >= 15 is 0 Å². The van der Waals surface area contributed by atoms with Crippen LogP contribution in [-0.4, -0.2) is 35.8 Å². The Labute approximate surface area is 109 Å². The lowest BCUT2D eigenvalue weighted by molar-refractivity contribution is -0.135. The standard InChI is InChI=1S/C14H24N2O2/c1-3-10(2)15-13(17)11-9-12(11)14(18)16-7-5-4-6-8-16/h10-12H,3-9H2,1-2H3,(H,15,17). The number of carbonyl (C=O) groups is 2.